The third-order valence-electron chi connectivity index (χ3n) is 14.4. The van der Waals surface area contributed by atoms with E-state index in [1.807, 2.05) is 0 Å². The zero-order valence-electron chi connectivity index (χ0n) is 33.9. The third kappa shape index (κ3) is 4.69. The minimum atomic E-state index is -0.0462. The van der Waals surface area contributed by atoms with Crippen LogP contribution in [0.3, 0.4) is 0 Å². The lowest BCUT2D eigenvalue weighted by Crippen LogP contribution is -2.33. The number of hydrogen-bond donors (Lipinski definition) is 0. The lowest BCUT2D eigenvalue weighted by atomic mass is 9.75. The third-order valence-corrected chi connectivity index (χ3v) is 14.4. The zero-order chi connectivity index (χ0) is 39.7. The molecule has 0 saturated carbocycles. The van der Waals surface area contributed by atoms with Crippen molar-refractivity contribution in [1.82, 2.24) is 0 Å². The Kier molecular flexibility index (Phi) is 7.09. The summed E-state index contributed by atoms with van der Waals surface area (Å²) in [6, 6.07) is 61.0. The van der Waals surface area contributed by atoms with E-state index in [0.717, 1.165) is 30.4 Å². The zero-order valence-corrected chi connectivity index (χ0v) is 33.9. The number of hydrogen-bond acceptors (Lipinski definition) is 1. The predicted molar refractivity (Wildman–Crippen MR) is 253 cm³/mol. The first-order valence-corrected chi connectivity index (χ1v) is 21.6. The molecule has 1 heterocycles. The van der Waals surface area contributed by atoms with Gasteiger partial charge in [-0.3, -0.25) is 0 Å². The Balaban J connectivity index is 1.00. The largest absolute Gasteiger partial charge is 0.455 e. The molecule has 10 aromatic rings. The lowest BCUT2D eigenvalue weighted by Gasteiger charge is -2.29. The molecule has 3 aliphatic carbocycles. The fourth-order valence-corrected chi connectivity index (χ4v) is 11.7. The Morgan fingerprint density at radius 2 is 1.10 bits per heavy atom. The minimum Gasteiger partial charge on any atom is -0.455 e. The van der Waals surface area contributed by atoms with Crippen molar-refractivity contribution in [2.75, 3.05) is 0 Å². The molecule has 284 valence electrons. The van der Waals surface area contributed by atoms with Gasteiger partial charge >= 0.3 is 0 Å². The molecule has 1 heteroatoms. The number of furan rings is 1. The van der Waals surface area contributed by atoms with Crippen molar-refractivity contribution in [3.63, 3.8) is 0 Å². The average Bonchev–Trinajstić information content (AvgIpc) is 3.78. The van der Waals surface area contributed by atoms with Crippen molar-refractivity contribution in [1.29, 1.82) is 0 Å². The molecule has 0 saturated heterocycles. The maximum Gasteiger partial charge on any atom is 0.143 e. The Bertz CT molecular complexity index is 3650. The van der Waals surface area contributed by atoms with Gasteiger partial charge in [0.15, 0.2) is 0 Å². The van der Waals surface area contributed by atoms with Gasteiger partial charge in [-0.1, -0.05) is 171 Å². The van der Waals surface area contributed by atoms with Gasteiger partial charge in [0.05, 0.1) is 0 Å². The molecule has 1 unspecified atom stereocenters. The predicted octanol–water partition coefficient (Wildman–Crippen LogP) is 14.3. The fraction of sp³-hybridized carbons (Fsp3) is 0.119. The van der Waals surface area contributed by atoms with Crippen molar-refractivity contribution < 1.29 is 4.42 Å². The van der Waals surface area contributed by atoms with E-state index in [1.54, 1.807) is 0 Å². The second-order valence-corrected chi connectivity index (χ2v) is 17.8. The van der Waals surface area contributed by atoms with Gasteiger partial charge in [0, 0.05) is 27.5 Å². The van der Waals surface area contributed by atoms with E-state index in [2.05, 4.69) is 190 Å². The van der Waals surface area contributed by atoms with Crippen molar-refractivity contribution >= 4 is 76.2 Å². The Morgan fingerprint density at radius 3 is 1.87 bits per heavy atom. The molecule has 1 aromatic heterocycles. The maximum atomic E-state index is 6.58. The molecular weight excluding hydrogens is 725 g/mol. The van der Waals surface area contributed by atoms with Crippen LogP contribution < -0.4 is 10.4 Å². The molecule has 1 nitrogen and oxygen atoms in total. The van der Waals surface area contributed by atoms with Crippen LogP contribution in [-0.4, -0.2) is 0 Å². The van der Waals surface area contributed by atoms with Crippen LogP contribution in [0, 0.1) is 0 Å². The van der Waals surface area contributed by atoms with Crippen LogP contribution in [0.4, 0.5) is 0 Å². The summed E-state index contributed by atoms with van der Waals surface area (Å²) in [6.07, 6.45) is 7.96. The van der Waals surface area contributed by atoms with Crippen molar-refractivity contribution in [3.8, 4) is 11.1 Å². The van der Waals surface area contributed by atoms with Crippen LogP contribution >= 0.6 is 0 Å². The molecule has 0 fully saturated rings. The first-order valence-electron chi connectivity index (χ1n) is 21.6. The fourth-order valence-electron chi connectivity index (χ4n) is 11.7. The summed E-state index contributed by atoms with van der Waals surface area (Å²) < 4.78 is 6.58. The molecule has 1 atom stereocenters. The molecule has 0 N–H and O–H groups in total. The summed E-state index contributed by atoms with van der Waals surface area (Å²) in [4.78, 5) is 0. The highest BCUT2D eigenvalue weighted by Crippen LogP contribution is 2.56. The monoisotopic (exact) mass is 766 g/mol. The highest BCUT2D eigenvalue weighted by Gasteiger charge is 2.43. The van der Waals surface area contributed by atoms with Crippen LogP contribution in [0.1, 0.15) is 55.7 Å². The number of fused-ring (bicyclic) bond motifs is 12. The van der Waals surface area contributed by atoms with Gasteiger partial charge in [-0.25, -0.2) is 0 Å². The highest BCUT2D eigenvalue weighted by molar-refractivity contribution is 6.21. The van der Waals surface area contributed by atoms with Crippen molar-refractivity contribution in [2.45, 2.75) is 44.4 Å². The second-order valence-electron chi connectivity index (χ2n) is 17.8. The molecule has 0 aliphatic heterocycles. The van der Waals surface area contributed by atoms with Gasteiger partial charge in [0.25, 0.3) is 0 Å². The SMILES string of the molecule is CC1(C)C2=CC=C(C3=c4ccccc4=C(c4c5ccccc5c(-c5cccc6ccccc56)c5ccccc45)CC3)CC2c2cc3c(ccc4c5ccccc5oc34)cc21. The van der Waals surface area contributed by atoms with Crippen LogP contribution in [0.15, 0.2) is 192 Å². The van der Waals surface area contributed by atoms with E-state index in [-0.39, 0.29) is 5.41 Å². The lowest BCUT2D eigenvalue weighted by molar-refractivity contribution is 0.609. The van der Waals surface area contributed by atoms with Crippen molar-refractivity contribution in [3.05, 3.63) is 214 Å². The highest BCUT2D eigenvalue weighted by atomic mass is 16.3. The minimum absolute atomic E-state index is 0.0462. The second kappa shape index (κ2) is 12.5. The first kappa shape index (κ1) is 34.0. The standard InChI is InChI=1S/C59H42O/c1-59(2)53-31-27-36(32-51(53)52-34-50-37(33-54(52)59)26-28-49-42-19-11-12-25-55(42)60-58(49)50)39-29-30-48(41-18-6-5-17-40(39)41)57-46-22-9-7-20-44(46)56(45-21-8-10-23-47(45)57)43-24-13-15-35-14-3-4-16-38(35)43/h3-28,31,33-34,51H,29-30,32H2,1-2H3. The number of benzene rings is 9. The summed E-state index contributed by atoms with van der Waals surface area (Å²) in [5.41, 5.74) is 14.8. The molecule has 9 aromatic carbocycles. The average molecular weight is 767 g/mol. The molecule has 0 bridgehead atoms. The molecule has 0 radical (unpaired) electrons. The Hall–Kier alpha value is -6.96. The van der Waals surface area contributed by atoms with E-state index in [9.17, 15) is 0 Å². The van der Waals surface area contributed by atoms with Gasteiger partial charge in [0.1, 0.15) is 11.2 Å². The Morgan fingerprint density at radius 1 is 0.483 bits per heavy atom. The summed E-state index contributed by atoms with van der Waals surface area (Å²) in [5.74, 6) is 0.332. The summed E-state index contributed by atoms with van der Waals surface area (Å²) >= 11 is 0. The molecule has 0 amide bonds. The maximum absolute atomic E-state index is 6.58. The van der Waals surface area contributed by atoms with Gasteiger partial charge in [-0.15, -0.1) is 0 Å². The number of rotatable bonds is 3. The molecular formula is C59H42O. The van der Waals surface area contributed by atoms with Gasteiger partial charge in [-0.05, 0) is 136 Å². The molecule has 13 rings (SSSR count). The molecule has 60 heavy (non-hydrogen) atoms. The van der Waals surface area contributed by atoms with Gasteiger partial charge in [0.2, 0.25) is 0 Å². The summed E-state index contributed by atoms with van der Waals surface area (Å²) in [7, 11) is 0. The van der Waals surface area contributed by atoms with Crippen LogP contribution in [0.5, 0.6) is 0 Å². The van der Waals surface area contributed by atoms with Gasteiger partial charge in [-0.2, -0.15) is 0 Å². The molecule has 0 spiro atoms. The number of para-hydroxylation sites is 1. The first-order chi connectivity index (χ1) is 29.5. The van der Waals surface area contributed by atoms with E-state index in [0.29, 0.717) is 5.92 Å². The van der Waals surface area contributed by atoms with Crippen LogP contribution in [-0.2, 0) is 5.41 Å². The summed E-state index contributed by atoms with van der Waals surface area (Å²) in [5, 5.41) is 15.4. The smallest absolute Gasteiger partial charge is 0.143 e. The van der Waals surface area contributed by atoms with E-state index in [4.69, 9.17) is 4.42 Å². The van der Waals surface area contributed by atoms with Gasteiger partial charge < -0.3 is 4.42 Å². The van der Waals surface area contributed by atoms with Crippen molar-refractivity contribution in [2.24, 2.45) is 0 Å². The van der Waals surface area contributed by atoms with E-state index >= 15 is 0 Å². The van der Waals surface area contributed by atoms with E-state index in [1.165, 1.54) is 114 Å². The summed E-state index contributed by atoms with van der Waals surface area (Å²) in [6.45, 7) is 4.85. The molecule has 3 aliphatic rings. The normalized spacial score (nSPS) is 17.1. The van der Waals surface area contributed by atoms with Crippen LogP contribution in [0.2, 0.25) is 0 Å². The topological polar surface area (TPSA) is 13.1 Å². The number of allylic oxidation sites excluding steroid dienone is 4. The van der Waals surface area contributed by atoms with Crippen LogP contribution in [0.25, 0.3) is 87.3 Å². The Labute approximate surface area is 348 Å². The van der Waals surface area contributed by atoms with E-state index < -0.39 is 0 Å². The quantitative estimate of drug-likeness (QED) is 0.163.